The van der Waals surface area contributed by atoms with Gasteiger partial charge in [-0.2, -0.15) is 0 Å². The molecular weight excluding hydrogens is 544 g/mol. The van der Waals surface area contributed by atoms with Crippen molar-refractivity contribution < 1.29 is 0 Å². The molecule has 0 unspecified atom stereocenters. The van der Waals surface area contributed by atoms with Crippen molar-refractivity contribution in [1.29, 1.82) is 0 Å². The van der Waals surface area contributed by atoms with Crippen molar-refractivity contribution >= 4 is 17.0 Å². The van der Waals surface area contributed by atoms with Crippen LogP contribution in [0, 0.1) is 20.8 Å². The summed E-state index contributed by atoms with van der Waals surface area (Å²) in [6.07, 6.45) is 13.6. The standard InChI is InChI=1S/C17H19N.C10H13N.C8H10.2C4H10/c1-12(2)16-10-9-13(3)17(11-16)18-14(4)15-7-5-6-8-15;1-3-9-6-4-5-7-10(9)8(2)11;1-7-5-3-4-6-8(7)2;2*1-3-4-2/h5-7,9-11,18H,1,4,8H2,2-3H3;4-7H,2-3,11H2,1H3;3-6H,1-2H3;2*3-4H2,1-2H3. The molecule has 0 bridgehead atoms. The lowest BCUT2D eigenvalue weighted by atomic mass is 10.0. The first kappa shape index (κ1) is 41.0. The molecule has 0 heterocycles. The van der Waals surface area contributed by atoms with E-state index < -0.39 is 0 Å². The van der Waals surface area contributed by atoms with Gasteiger partial charge in [0.25, 0.3) is 0 Å². The fourth-order valence-electron chi connectivity index (χ4n) is 3.74. The van der Waals surface area contributed by atoms with Crippen molar-refractivity contribution in [3.8, 4) is 0 Å². The van der Waals surface area contributed by atoms with Crippen LogP contribution in [0.3, 0.4) is 0 Å². The van der Waals surface area contributed by atoms with Crippen LogP contribution in [0.15, 0.2) is 116 Å². The molecule has 0 spiro atoms. The maximum atomic E-state index is 5.60. The average Bonchev–Trinajstić information content (AvgIpc) is 3.60. The summed E-state index contributed by atoms with van der Waals surface area (Å²) in [6.45, 7) is 31.0. The van der Waals surface area contributed by atoms with Gasteiger partial charge in [-0.15, -0.1) is 0 Å². The Hall–Kier alpha value is -4.04. The minimum atomic E-state index is 0.655. The molecule has 3 aromatic carbocycles. The molecule has 1 aliphatic rings. The Morgan fingerprint density at radius 1 is 0.733 bits per heavy atom. The molecule has 4 rings (SSSR count). The smallest absolute Gasteiger partial charge is 0.0419 e. The van der Waals surface area contributed by atoms with Crippen LogP contribution in [0.5, 0.6) is 0 Å². The third-order valence-electron chi connectivity index (χ3n) is 7.34. The zero-order chi connectivity index (χ0) is 34.2. The van der Waals surface area contributed by atoms with Crippen LogP contribution in [-0.2, 0) is 6.42 Å². The highest BCUT2D eigenvalue weighted by Crippen LogP contribution is 2.25. The zero-order valence-corrected chi connectivity index (χ0v) is 30.0. The molecule has 0 aliphatic heterocycles. The summed E-state index contributed by atoms with van der Waals surface area (Å²) in [5.74, 6) is 0. The highest BCUT2D eigenvalue weighted by atomic mass is 14.9. The first-order valence-corrected chi connectivity index (χ1v) is 16.6. The second kappa shape index (κ2) is 24.3. The summed E-state index contributed by atoms with van der Waals surface area (Å²) in [5, 5.41) is 3.40. The van der Waals surface area contributed by atoms with Crippen molar-refractivity contribution in [2.24, 2.45) is 5.73 Å². The lowest BCUT2D eigenvalue weighted by molar-refractivity contribution is 0.886. The highest BCUT2D eigenvalue weighted by Gasteiger charge is 2.07. The molecular formula is C43H62N2. The van der Waals surface area contributed by atoms with Gasteiger partial charge in [0.2, 0.25) is 0 Å². The molecule has 1 aliphatic carbocycles. The van der Waals surface area contributed by atoms with E-state index in [1.807, 2.05) is 25.1 Å². The van der Waals surface area contributed by atoms with Crippen molar-refractivity contribution in [1.82, 2.24) is 0 Å². The van der Waals surface area contributed by atoms with Gasteiger partial charge in [-0.1, -0.05) is 165 Å². The van der Waals surface area contributed by atoms with Crippen LogP contribution in [0.2, 0.25) is 0 Å². The van der Waals surface area contributed by atoms with Gasteiger partial charge < -0.3 is 11.1 Å². The predicted molar refractivity (Wildman–Crippen MR) is 207 cm³/mol. The lowest BCUT2D eigenvalue weighted by Gasteiger charge is -2.14. The summed E-state index contributed by atoms with van der Waals surface area (Å²) < 4.78 is 0. The van der Waals surface area contributed by atoms with Crippen LogP contribution in [0.25, 0.3) is 11.3 Å². The van der Waals surface area contributed by atoms with E-state index in [4.69, 9.17) is 5.73 Å². The Kier molecular flexibility index (Phi) is 22.1. The van der Waals surface area contributed by atoms with E-state index in [0.717, 1.165) is 40.9 Å². The fraction of sp³-hybridized carbons (Fsp3) is 0.349. The fourth-order valence-corrected chi connectivity index (χ4v) is 3.74. The number of aryl methyl sites for hydroxylation is 4. The van der Waals surface area contributed by atoms with Crippen molar-refractivity contribution in [3.05, 3.63) is 149 Å². The molecule has 0 aromatic heterocycles. The van der Waals surface area contributed by atoms with Gasteiger partial charge in [0.15, 0.2) is 0 Å². The molecule has 3 aromatic rings. The number of benzene rings is 3. The second-order valence-electron chi connectivity index (χ2n) is 11.4. The SMILES string of the molecule is C=C(N)c1ccccc1CC.C=C(Nc1cc(C(=C)C)ccc1C)C1=CC=CC1.CCCC.CCCC.Cc1ccccc1C. The van der Waals surface area contributed by atoms with Gasteiger partial charge in [-0.25, -0.2) is 0 Å². The van der Waals surface area contributed by atoms with E-state index in [0.29, 0.717) is 5.70 Å². The Labute approximate surface area is 277 Å². The van der Waals surface area contributed by atoms with Crippen LogP contribution in [0.1, 0.15) is 107 Å². The molecule has 0 saturated heterocycles. The Balaban J connectivity index is 0.000000612. The number of anilines is 1. The van der Waals surface area contributed by atoms with Gasteiger partial charge >= 0.3 is 0 Å². The van der Waals surface area contributed by atoms with Crippen LogP contribution >= 0.6 is 0 Å². The largest absolute Gasteiger partial charge is 0.399 e. The summed E-state index contributed by atoms with van der Waals surface area (Å²) in [7, 11) is 0. The second-order valence-corrected chi connectivity index (χ2v) is 11.4. The van der Waals surface area contributed by atoms with Crippen molar-refractivity contribution in [2.45, 2.75) is 101 Å². The molecule has 2 nitrogen and oxygen atoms in total. The third kappa shape index (κ3) is 17.1. The van der Waals surface area contributed by atoms with Crippen LogP contribution < -0.4 is 11.1 Å². The number of allylic oxidation sites excluding steroid dienone is 5. The van der Waals surface area contributed by atoms with Gasteiger partial charge in [-0.05, 0) is 85.6 Å². The van der Waals surface area contributed by atoms with Gasteiger partial charge in [0.05, 0.1) is 0 Å². The summed E-state index contributed by atoms with van der Waals surface area (Å²) in [6, 6.07) is 22.8. The number of nitrogens with one attached hydrogen (secondary N) is 1. The normalized spacial score (nSPS) is 10.6. The number of unbranched alkanes of at least 4 members (excludes halogenated alkanes) is 2. The van der Waals surface area contributed by atoms with Crippen molar-refractivity contribution in [3.63, 3.8) is 0 Å². The Morgan fingerprint density at radius 2 is 1.27 bits per heavy atom. The van der Waals surface area contributed by atoms with E-state index in [1.165, 1.54) is 53.5 Å². The van der Waals surface area contributed by atoms with Crippen molar-refractivity contribution in [2.75, 3.05) is 5.32 Å². The average molecular weight is 607 g/mol. The topological polar surface area (TPSA) is 38.0 Å². The zero-order valence-electron chi connectivity index (χ0n) is 30.0. The molecule has 244 valence electrons. The summed E-state index contributed by atoms with van der Waals surface area (Å²) >= 11 is 0. The predicted octanol–water partition coefficient (Wildman–Crippen LogP) is 12.9. The van der Waals surface area contributed by atoms with E-state index in [2.05, 4.69) is 147 Å². The molecule has 2 heteroatoms. The Morgan fingerprint density at radius 3 is 1.67 bits per heavy atom. The number of hydrogen-bond acceptors (Lipinski definition) is 2. The molecule has 0 atom stereocenters. The molecule has 0 fully saturated rings. The maximum Gasteiger partial charge on any atom is 0.0419 e. The van der Waals surface area contributed by atoms with Gasteiger partial charge in [0, 0.05) is 17.1 Å². The van der Waals surface area contributed by atoms with E-state index in [-0.39, 0.29) is 0 Å². The maximum absolute atomic E-state index is 5.60. The third-order valence-corrected chi connectivity index (χ3v) is 7.34. The number of nitrogens with two attached hydrogens (primary N) is 1. The summed E-state index contributed by atoms with van der Waals surface area (Å²) in [5.41, 5.74) is 18.1. The number of rotatable bonds is 8. The molecule has 0 radical (unpaired) electrons. The minimum Gasteiger partial charge on any atom is -0.399 e. The molecule has 0 amide bonds. The van der Waals surface area contributed by atoms with E-state index in [1.54, 1.807) is 0 Å². The quantitative estimate of drug-likeness (QED) is 0.268. The molecule has 3 N–H and O–H groups in total. The van der Waals surface area contributed by atoms with Crippen LogP contribution in [-0.4, -0.2) is 0 Å². The van der Waals surface area contributed by atoms with E-state index in [9.17, 15) is 0 Å². The van der Waals surface area contributed by atoms with E-state index >= 15 is 0 Å². The first-order valence-electron chi connectivity index (χ1n) is 16.6. The molecule has 0 saturated carbocycles. The monoisotopic (exact) mass is 606 g/mol. The van der Waals surface area contributed by atoms with Gasteiger partial charge in [-0.3, -0.25) is 0 Å². The number of hydrogen-bond donors (Lipinski definition) is 2. The minimum absolute atomic E-state index is 0.655. The van der Waals surface area contributed by atoms with Crippen LogP contribution in [0.4, 0.5) is 5.69 Å². The highest BCUT2D eigenvalue weighted by molar-refractivity contribution is 5.69. The Bertz CT molecular complexity index is 1340. The summed E-state index contributed by atoms with van der Waals surface area (Å²) in [4.78, 5) is 0. The first-order chi connectivity index (χ1) is 21.5. The molecule has 45 heavy (non-hydrogen) atoms. The lowest BCUT2D eigenvalue weighted by Crippen LogP contribution is -2.02. The van der Waals surface area contributed by atoms with Gasteiger partial charge in [0.1, 0.15) is 0 Å².